The molecular weight excluding hydrogens is 176 g/mol. The minimum absolute atomic E-state index is 0.183. The molecule has 0 amide bonds. The van der Waals surface area contributed by atoms with Gasteiger partial charge in [-0.05, 0) is 12.1 Å². The van der Waals surface area contributed by atoms with E-state index in [9.17, 15) is 14.9 Å². The van der Waals surface area contributed by atoms with Crippen LogP contribution >= 0.6 is 0 Å². The Balaban J connectivity index is 3.35. The van der Waals surface area contributed by atoms with Gasteiger partial charge in [0.15, 0.2) is 0 Å². The van der Waals surface area contributed by atoms with Crippen LogP contribution < -0.4 is 5.73 Å². The van der Waals surface area contributed by atoms with Crippen LogP contribution in [0.2, 0.25) is 0 Å². The van der Waals surface area contributed by atoms with Crippen LogP contribution in [0.15, 0.2) is 18.2 Å². The number of benzene rings is 1. The third-order valence-corrected chi connectivity index (χ3v) is 1.45. The van der Waals surface area contributed by atoms with Gasteiger partial charge < -0.3 is 10.8 Å². The summed E-state index contributed by atoms with van der Waals surface area (Å²) in [5, 5.41) is 18.9. The molecule has 0 fully saturated rings. The topological polar surface area (TPSA) is 106 Å². The van der Waals surface area contributed by atoms with E-state index in [0.29, 0.717) is 0 Å². The van der Waals surface area contributed by atoms with E-state index in [0.717, 1.165) is 12.1 Å². The number of hydrogen-bond acceptors (Lipinski definition) is 4. The molecule has 1 aromatic carbocycles. The highest BCUT2D eigenvalue weighted by molar-refractivity contribution is 5.93. The van der Waals surface area contributed by atoms with Crippen LogP contribution in [0.25, 0.3) is 0 Å². The maximum Gasteiger partial charge on any atom is 0.342 e. The second kappa shape index (κ2) is 3.10. The number of carbonyl (C=O) groups is 1. The van der Waals surface area contributed by atoms with Crippen molar-refractivity contribution in [1.29, 1.82) is 0 Å². The molecule has 13 heavy (non-hydrogen) atoms. The molecule has 0 bridgehead atoms. The average molecular weight is 182 g/mol. The summed E-state index contributed by atoms with van der Waals surface area (Å²) in [5.74, 6) is -1.36. The van der Waals surface area contributed by atoms with Crippen LogP contribution in [0.5, 0.6) is 0 Å². The van der Waals surface area contributed by atoms with E-state index in [4.69, 9.17) is 10.8 Å². The third-order valence-electron chi connectivity index (χ3n) is 1.45. The van der Waals surface area contributed by atoms with Gasteiger partial charge in [-0.3, -0.25) is 10.1 Å². The Bertz CT molecular complexity index is 375. The number of anilines is 1. The van der Waals surface area contributed by atoms with Crippen LogP contribution in [-0.2, 0) is 0 Å². The molecule has 0 spiro atoms. The molecule has 1 aromatic rings. The van der Waals surface area contributed by atoms with Gasteiger partial charge >= 0.3 is 5.97 Å². The number of rotatable bonds is 2. The van der Waals surface area contributed by atoms with Crippen molar-refractivity contribution in [1.82, 2.24) is 0 Å². The molecule has 0 radical (unpaired) electrons. The van der Waals surface area contributed by atoms with E-state index < -0.39 is 22.1 Å². The number of nitro groups is 1. The number of carboxylic acid groups (broad SMARTS) is 1. The number of carboxylic acids is 1. The van der Waals surface area contributed by atoms with E-state index in [1.807, 2.05) is 0 Å². The van der Waals surface area contributed by atoms with Crippen molar-refractivity contribution in [3.8, 4) is 0 Å². The minimum atomic E-state index is -1.36. The van der Waals surface area contributed by atoms with Crippen molar-refractivity contribution in [2.45, 2.75) is 0 Å². The first-order chi connectivity index (χ1) is 6.02. The smallest absolute Gasteiger partial charge is 0.342 e. The maximum atomic E-state index is 10.5. The lowest BCUT2D eigenvalue weighted by Crippen LogP contribution is -2.03. The fourth-order valence-corrected chi connectivity index (χ4v) is 0.884. The Morgan fingerprint density at radius 3 is 2.62 bits per heavy atom. The highest BCUT2D eigenvalue weighted by atomic mass is 16.6. The van der Waals surface area contributed by atoms with E-state index in [1.54, 1.807) is 0 Å². The summed E-state index contributed by atoms with van der Waals surface area (Å²) in [5.41, 5.74) is 4.61. The molecule has 0 saturated heterocycles. The molecule has 0 aromatic heterocycles. The lowest BCUT2D eigenvalue weighted by atomic mass is 10.1. The summed E-state index contributed by atoms with van der Waals surface area (Å²) >= 11 is 0. The van der Waals surface area contributed by atoms with Crippen molar-refractivity contribution < 1.29 is 14.8 Å². The van der Waals surface area contributed by atoms with Crippen LogP contribution in [-0.4, -0.2) is 16.0 Å². The van der Waals surface area contributed by atoms with Gasteiger partial charge in [0.25, 0.3) is 5.69 Å². The fraction of sp³-hybridized carbons (Fsp3) is 0. The average Bonchev–Trinajstić information content (AvgIpc) is 2.03. The number of hydrogen-bond donors (Lipinski definition) is 2. The predicted molar refractivity (Wildman–Crippen MR) is 44.5 cm³/mol. The Kier molecular flexibility index (Phi) is 2.14. The molecule has 0 saturated carbocycles. The molecule has 6 heteroatoms. The zero-order chi connectivity index (χ0) is 10.0. The Morgan fingerprint density at radius 2 is 2.15 bits per heavy atom. The molecule has 0 aliphatic heterocycles. The first-order valence-corrected chi connectivity index (χ1v) is 3.29. The molecule has 0 aliphatic rings. The standard InChI is InChI=1S/C7H6N2O4/c8-4-1-2-6(9(12)13)5(3-4)7(10)11/h1-3H,8H2,(H,10,11). The number of nitro benzene ring substituents is 1. The highest BCUT2D eigenvalue weighted by Crippen LogP contribution is 2.20. The van der Waals surface area contributed by atoms with Gasteiger partial charge in [0, 0.05) is 11.8 Å². The quantitative estimate of drug-likeness (QED) is 0.401. The zero-order valence-corrected chi connectivity index (χ0v) is 6.43. The van der Waals surface area contributed by atoms with Crippen LogP contribution in [0.3, 0.4) is 0 Å². The third kappa shape index (κ3) is 1.73. The summed E-state index contributed by atoms with van der Waals surface area (Å²) in [4.78, 5) is 20.1. The first kappa shape index (κ1) is 8.98. The molecule has 0 unspecified atom stereocenters. The molecule has 1 rings (SSSR count). The highest BCUT2D eigenvalue weighted by Gasteiger charge is 2.18. The zero-order valence-electron chi connectivity index (χ0n) is 6.43. The van der Waals surface area contributed by atoms with Gasteiger partial charge in [0.2, 0.25) is 0 Å². The van der Waals surface area contributed by atoms with Crippen molar-refractivity contribution >= 4 is 17.3 Å². The molecule has 68 valence electrons. The van der Waals surface area contributed by atoms with E-state index in [-0.39, 0.29) is 5.69 Å². The van der Waals surface area contributed by atoms with E-state index in [2.05, 4.69) is 0 Å². The Hall–Kier alpha value is -2.11. The van der Waals surface area contributed by atoms with Crippen LogP contribution in [0.4, 0.5) is 11.4 Å². The van der Waals surface area contributed by atoms with Gasteiger partial charge in [0.1, 0.15) is 5.56 Å². The van der Waals surface area contributed by atoms with Gasteiger partial charge in [-0.2, -0.15) is 0 Å². The van der Waals surface area contributed by atoms with Crippen LogP contribution in [0, 0.1) is 10.1 Å². The summed E-state index contributed by atoms with van der Waals surface area (Å²) in [7, 11) is 0. The van der Waals surface area contributed by atoms with Gasteiger partial charge in [-0.15, -0.1) is 0 Å². The number of nitrogen functional groups attached to an aromatic ring is 1. The summed E-state index contributed by atoms with van der Waals surface area (Å²) in [6.07, 6.45) is 0. The normalized spacial score (nSPS) is 9.54. The van der Waals surface area contributed by atoms with Crippen molar-refractivity contribution in [3.63, 3.8) is 0 Å². The SMILES string of the molecule is Nc1ccc([N+](=O)[O-])c(C(=O)O)c1. The summed E-state index contributed by atoms with van der Waals surface area (Å²) in [6.45, 7) is 0. The number of nitrogens with zero attached hydrogens (tertiary/aromatic N) is 1. The fourth-order valence-electron chi connectivity index (χ4n) is 0.884. The lowest BCUT2D eigenvalue weighted by Gasteiger charge is -1.98. The molecule has 6 nitrogen and oxygen atoms in total. The lowest BCUT2D eigenvalue weighted by molar-refractivity contribution is -0.385. The van der Waals surface area contributed by atoms with E-state index >= 15 is 0 Å². The van der Waals surface area contributed by atoms with Gasteiger partial charge in [-0.25, -0.2) is 4.79 Å². The van der Waals surface area contributed by atoms with Gasteiger partial charge in [0.05, 0.1) is 4.92 Å². The van der Waals surface area contributed by atoms with Crippen molar-refractivity contribution in [2.24, 2.45) is 0 Å². The van der Waals surface area contributed by atoms with E-state index in [1.165, 1.54) is 6.07 Å². The first-order valence-electron chi connectivity index (χ1n) is 3.29. The Morgan fingerprint density at radius 1 is 1.54 bits per heavy atom. The molecular formula is C7H6N2O4. The molecule has 3 N–H and O–H groups in total. The minimum Gasteiger partial charge on any atom is -0.477 e. The van der Waals surface area contributed by atoms with Crippen molar-refractivity contribution in [2.75, 3.05) is 5.73 Å². The molecule has 0 atom stereocenters. The maximum absolute atomic E-state index is 10.5. The molecule has 0 heterocycles. The van der Waals surface area contributed by atoms with Crippen LogP contribution in [0.1, 0.15) is 10.4 Å². The monoisotopic (exact) mass is 182 g/mol. The predicted octanol–water partition coefficient (Wildman–Crippen LogP) is 0.875. The largest absolute Gasteiger partial charge is 0.477 e. The number of aromatic carboxylic acids is 1. The summed E-state index contributed by atoms with van der Waals surface area (Å²) < 4.78 is 0. The van der Waals surface area contributed by atoms with Gasteiger partial charge in [-0.1, -0.05) is 0 Å². The second-order valence-corrected chi connectivity index (χ2v) is 2.34. The van der Waals surface area contributed by atoms with Crippen molar-refractivity contribution in [3.05, 3.63) is 33.9 Å². The molecule has 0 aliphatic carbocycles. The number of nitrogens with two attached hydrogens (primary N) is 1. The second-order valence-electron chi connectivity index (χ2n) is 2.34. The Labute approximate surface area is 72.7 Å². The summed E-state index contributed by atoms with van der Waals surface area (Å²) in [6, 6.07) is 3.41.